The van der Waals surface area contributed by atoms with Crippen molar-refractivity contribution in [1.29, 1.82) is 0 Å². The van der Waals surface area contributed by atoms with Crippen molar-refractivity contribution in [2.24, 2.45) is 0 Å². The average molecular weight is 577 g/mol. The highest BCUT2D eigenvalue weighted by Crippen LogP contribution is 2.49. The number of ether oxygens (including phenoxy) is 3. The molecule has 2 atom stereocenters. The van der Waals surface area contributed by atoms with Crippen molar-refractivity contribution in [3.8, 4) is 17.2 Å². The normalized spacial score (nSPS) is 20.2. The zero-order valence-corrected chi connectivity index (χ0v) is 24.8. The average Bonchev–Trinajstić information content (AvgIpc) is 3.69. The Kier molecular flexibility index (Phi) is 7.46. The van der Waals surface area contributed by atoms with Crippen LogP contribution in [0.15, 0.2) is 42.5 Å². The lowest BCUT2D eigenvalue weighted by atomic mass is 9.87. The molecule has 9 nitrogen and oxygen atoms in total. The first-order valence-corrected chi connectivity index (χ1v) is 15.1. The topological polar surface area (TPSA) is 94.9 Å². The number of anilines is 1. The lowest BCUT2D eigenvalue weighted by Gasteiger charge is -2.25. The molecule has 1 aromatic heterocycles. The largest absolute Gasteiger partial charge is 0.454 e. The molecule has 0 aliphatic carbocycles. The standard InChI is InChI=1S/C31H36N4O5S/c1-19-7-10-21(11-8-19)35-30-27(29(33-35)31(2,3)4)28(20-9-12-23-24(14-20)40-18-39-23)41-17-26(37)34(30)16-25(36)32-15-22-6-5-13-38-22/h7-12,14,22,28H,5-6,13,15-18H2,1-4H3,(H,32,36)/t22-,28-/m0/s1. The third kappa shape index (κ3) is 5.55. The van der Waals surface area contributed by atoms with Crippen LogP contribution in [0.3, 0.4) is 0 Å². The number of benzene rings is 2. The predicted octanol–water partition coefficient (Wildman–Crippen LogP) is 4.67. The van der Waals surface area contributed by atoms with E-state index < -0.39 is 0 Å². The van der Waals surface area contributed by atoms with Gasteiger partial charge in [0.1, 0.15) is 12.4 Å². The van der Waals surface area contributed by atoms with E-state index in [2.05, 4.69) is 26.1 Å². The molecule has 6 rings (SSSR count). The minimum absolute atomic E-state index is 0.0193. The van der Waals surface area contributed by atoms with Crippen LogP contribution in [0.25, 0.3) is 5.69 Å². The number of amides is 2. The van der Waals surface area contributed by atoms with Crippen LogP contribution in [-0.2, 0) is 19.7 Å². The van der Waals surface area contributed by atoms with Gasteiger partial charge in [0.2, 0.25) is 18.6 Å². The molecule has 2 aromatic carbocycles. The Morgan fingerprint density at radius 3 is 2.63 bits per heavy atom. The minimum atomic E-state index is -0.337. The van der Waals surface area contributed by atoms with E-state index >= 15 is 0 Å². The first-order chi connectivity index (χ1) is 19.7. The van der Waals surface area contributed by atoms with Crippen molar-refractivity contribution in [3.63, 3.8) is 0 Å². The first-order valence-electron chi connectivity index (χ1n) is 14.1. The highest BCUT2D eigenvalue weighted by molar-refractivity contribution is 8.00. The van der Waals surface area contributed by atoms with Crippen molar-refractivity contribution < 1.29 is 23.8 Å². The summed E-state index contributed by atoms with van der Waals surface area (Å²) in [5.74, 6) is 1.88. The lowest BCUT2D eigenvalue weighted by Crippen LogP contribution is -2.44. The maximum Gasteiger partial charge on any atom is 0.240 e. The molecule has 0 unspecified atom stereocenters. The summed E-state index contributed by atoms with van der Waals surface area (Å²) in [5, 5.41) is 7.94. The third-order valence-electron chi connectivity index (χ3n) is 7.63. The fourth-order valence-electron chi connectivity index (χ4n) is 5.51. The van der Waals surface area contributed by atoms with Crippen molar-refractivity contribution in [3.05, 3.63) is 64.8 Å². The number of hydrogen-bond acceptors (Lipinski definition) is 7. The highest BCUT2D eigenvalue weighted by atomic mass is 32.2. The molecule has 4 heterocycles. The van der Waals surface area contributed by atoms with E-state index in [1.807, 2.05) is 54.1 Å². The van der Waals surface area contributed by atoms with Gasteiger partial charge in [0.05, 0.1) is 28.5 Å². The lowest BCUT2D eigenvalue weighted by molar-refractivity contribution is -0.123. The van der Waals surface area contributed by atoms with Crippen LogP contribution in [0.5, 0.6) is 11.5 Å². The summed E-state index contributed by atoms with van der Waals surface area (Å²) >= 11 is 1.55. The van der Waals surface area contributed by atoms with Crippen molar-refractivity contribution in [2.75, 3.05) is 37.1 Å². The summed E-state index contributed by atoms with van der Waals surface area (Å²) in [7, 11) is 0. The molecule has 216 valence electrons. The minimum Gasteiger partial charge on any atom is -0.454 e. The number of nitrogens with one attached hydrogen (secondary N) is 1. The van der Waals surface area contributed by atoms with E-state index in [-0.39, 0.29) is 47.7 Å². The van der Waals surface area contributed by atoms with Gasteiger partial charge in [0.25, 0.3) is 0 Å². The molecule has 1 N–H and O–H groups in total. The Hall–Kier alpha value is -3.50. The van der Waals surface area contributed by atoms with Crippen molar-refractivity contribution in [1.82, 2.24) is 15.1 Å². The molecule has 2 amide bonds. The van der Waals surface area contributed by atoms with E-state index in [1.54, 1.807) is 16.7 Å². The van der Waals surface area contributed by atoms with Gasteiger partial charge in [-0.25, -0.2) is 4.68 Å². The summed E-state index contributed by atoms with van der Waals surface area (Å²) < 4.78 is 18.8. The number of aromatic nitrogens is 2. The second-order valence-corrected chi connectivity index (χ2v) is 12.9. The Morgan fingerprint density at radius 1 is 1.12 bits per heavy atom. The molecule has 3 aromatic rings. The Bertz CT molecular complexity index is 1460. The van der Waals surface area contributed by atoms with Gasteiger partial charge in [-0.1, -0.05) is 44.5 Å². The van der Waals surface area contributed by atoms with Crippen LogP contribution in [0.2, 0.25) is 0 Å². The zero-order chi connectivity index (χ0) is 28.7. The Balaban J connectivity index is 1.48. The van der Waals surface area contributed by atoms with Crippen molar-refractivity contribution in [2.45, 2.75) is 57.3 Å². The SMILES string of the molecule is Cc1ccc(-n2nc(C(C)(C)C)c3c2N(CC(=O)NC[C@@H]2CCCO2)C(=O)CS[C@H]3c2ccc3c(c2)OCO3)cc1. The summed E-state index contributed by atoms with van der Waals surface area (Å²) in [6.07, 6.45) is 1.94. The van der Waals surface area contributed by atoms with Gasteiger partial charge in [-0.05, 0) is 49.6 Å². The fraction of sp³-hybridized carbons (Fsp3) is 0.452. The molecule has 41 heavy (non-hydrogen) atoms. The van der Waals surface area contributed by atoms with Crippen LogP contribution in [-0.4, -0.2) is 59.9 Å². The smallest absolute Gasteiger partial charge is 0.240 e. The Labute approximate surface area is 244 Å². The molecule has 0 radical (unpaired) electrons. The second-order valence-electron chi connectivity index (χ2n) is 11.8. The zero-order valence-electron chi connectivity index (χ0n) is 23.9. The predicted molar refractivity (Wildman–Crippen MR) is 158 cm³/mol. The summed E-state index contributed by atoms with van der Waals surface area (Å²) in [4.78, 5) is 28.7. The molecule has 10 heteroatoms. The molecule has 0 bridgehead atoms. The number of hydrogen-bond donors (Lipinski definition) is 1. The van der Waals surface area contributed by atoms with E-state index in [9.17, 15) is 9.59 Å². The monoisotopic (exact) mass is 576 g/mol. The number of rotatable bonds is 6. The molecule has 1 fully saturated rings. The van der Waals surface area contributed by atoms with Crippen molar-refractivity contribution >= 4 is 29.4 Å². The Morgan fingerprint density at radius 2 is 1.90 bits per heavy atom. The summed E-state index contributed by atoms with van der Waals surface area (Å²) in [6.45, 7) is 9.66. The van der Waals surface area contributed by atoms with E-state index in [0.717, 1.165) is 47.5 Å². The number of fused-ring (bicyclic) bond motifs is 2. The highest BCUT2D eigenvalue weighted by Gasteiger charge is 2.40. The van der Waals surface area contributed by atoms with E-state index in [1.165, 1.54) is 0 Å². The quantitative estimate of drug-likeness (QED) is 0.456. The van der Waals surface area contributed by atoms with Gasteiger partial charge in [0, 0.05) is 24.1 Å². The first kappa shape index (κ1) is 27.7. The van der Waals surface area contributed by atoms with Crippen LogP contribution in [0, 0.1) is 6.92 Å². The van der Waals surface area contributed by atoms with E-state index in [0.29, 0.717) is 23.9 Å². The molecule has 0 saturated carbocycles. The molecule has 3 aliphatic heterocycles. The summed E-state index contributed by atoms with van der Waals surface area (Å²) in [5.41, 5.74) is 4.42. The number of aryl methyl sites for hydroxylation is 1. The third-order valence-corrected chi connectivity index (χ3v) is 8.88. The van der Waals surface area contributed by atoms with Gasteiger partial charge < -0.3 is 19.5 Å². The molecule has 3 aliphatic rings. The van der Waals surface area contributed by atoms with Crippen LogP contribution in [0.1, 0.15) is 61.2 Å². The van der Waals surface area contributed by atoms with Crippen LogP contribution in [0.4, 0.5) is 5.82 Å². The number of carbonyl (C=O) groups is 2. The summed E-state index contributed by atoms with van der Waals surface area (Å²) in [6, 6.07) is 14.0. The van der Waals surface area contributed by atoms with Crippen LogP contribution >= 0.6 is 11.8 Å². The number of thioether (sulfide) groups is 1. The molecular weight excluding hydrogens is 540 g/mol. The maximum atomic E-state index is 13.8. The van der Waals surface area contributed by atoms with Gasteiger partial charge in [-0.15, -0.1) is 11.8 Å². The number of carbonyl (C=O) groups excluding carboxylic acids is 2. The van der Waals surface area contributed by atoms with Gasteiger partial charge >= 0.3 is 0 Å². The van der Waals surface area contributed by atoms with Gasteiger partial charge in [-0.2, -0.15) is 5.10 Å². The molecule has 1 saturated heterocycles. The van der Waals surface area contributed by atoms with Gasteiger partial charge in [0.15, 0.2) is 11.5 Å². The fourth-order valence-corrected chi connectivity index (χ4v) is 6.70. The second kappa shape index (κ2) is 11.1. The van der Waals surface area contributed by atoms with E-state index in [4.69, 9.17) is 19.3 Å². The number of nitrogens with zero attached hydrogens (tertiary/aromatic N) is 3. The molecular formula is C31H36N4O5S. The van der Waals surface area contributed by atoms with Crippen LogP contribution < -0.4 is 19.7 Å². The van der Waals surface area contributed by atoms with Gasteiger partial charge in [-0.3, -0.25) is 14.5 Å². The molecule has 0 spiro atoms. The maximum absolute atomic E-state index is 13.8.